The Morgan fingerprint density at radius 3 is 2.65 bits per heavy atom. The van der Waals surface area contributed by atoms with Gasteiger partial charge in [-0.2, -0.15) is 0 Å². The van der Waals surface area contributed by atoms with Crippen molar-refractivity contribution in [2.24, 2.45) is 10.9 Å². The first-order chi connectivity index (χ1) is 14.6. The van der Waals surface area contributed by atoms with Crippen LogP contribution >= 0.6 is 24.0 Å². The van der Waals surface area contributed by atoms with Gasteiger partial charge in [0.15, 0.2) is 5.96 Å². The largest absolute Gasteiger partial charge is 0.493 e. The van der Waals surface area contributed by atoms with Crippen LogP contribution in [0.3, 0.4) is 0 Å². The zero-order chi connectivity index (χ0) is 21.3. The minimum Gasteiger partial charge on any atom is -0.493 e. The van der Waals surface area contributed by atoms with E-state index >= 15 is 0 Å². The van der Waals surface area contributed by atoms with Gasteiger partial charge in [0.2, 0.25) is 0 Å². The van der Waals surface area contributed by atoms with Crippen molar-refractivity contribution < 1.29 is 18.3 Å². The van der Waals surface area contributed by atoms with E-state index in [1.807, 2.05) is 25.1 Å². The van der Waals surface area contributed by atoms with Crippen LogP contribution in [0.2, 0.25) is 0 Å². The van der Waals surface area contributed by atoms with E-state index in [-0.39, 0.29) is 36.0 Å². The minimum absolute atomic E-state index is 0. The van der Waals surface area contributed by atoms with Crippen LogP contribution in [0.5, 0.6) is 5.75 Å². The topological polar surface area (TPSA) is 54.9 Å². The zero-order valence-corrected chi connectivity index (χ0v) is 20.2. The molecule has 5 nitrogen and oxygen atoms in total. The third kappa shape index (κ3) is 7.60. The summed E-state index contributed by atoms with van der Waals surface area (Å²) >= 11 is 0. The molecule has 170 valence electrons. The molecule has 1 aliphatic heterocycles. The Morgan fingerprint density at radius 1 is 1.19 bits per heavy atom. The van der Waals surface area contributed by atoms with E-state index in [9.17, 15) is 8.78 Å². The molecule has 0 radical (unpaired) electrons. The van der Waals surface area contributed by atoms with E-state index in [0.29, 0.717) is 31.6 Å². The van der Waals surface area contributed by atoms with Gasteiger partial charge in [-0.25, -0.2) is 8.78 Å². The molecule has 0 bridgehead atoms. The molecule has 1 fully saturated rings. The molecule has 1 unspecified atom stereocenters. The fraction of sp³-hybridized carbons (Fsp3) is 0.435. The number of aliphatic imine (C=N–C) groups is 1. The second-order valence-electron chi connectivity index (χ2n) is 7.45. The minimum atomic E-state index is -0.533. The molecule has 1 heterocycles. The lowest BCUT2D eigenvalue weighted by atomic mass is 10.1. The lowest BCUT2D eigenvalue weighted by molar-refractivity contribution is 0.166. The highest BCUT2D eigenvalue weighted by Crippen LogP contribution is 2.22. The van der Waals surface area contributed by atoms with Crippen molar-refractivity contribution in [3.05, 3.63) is 64.7 Å². The summed E-state index contributed by atoms with van der Waals surface area (Å²) in [5, 5.41) is 6.33. The number of halogens is 3. The van der Waals surface area contributed by atoms with Crippen LogP contribution < -0.4 is 15.4 Å². The molecule has 2 aromatic rings. The number of aryl methyl sites for hydroxylation is 1. The molecule has 1 atom stereocenters. The van der Waals surface area contributed by atoms with E-state index in [2.05, 4.69) is 15.6 Å². The summed E-state index contributed by atoms with van der Waals surface area (Å²) in [4.78, 5) is 4.18. The summed E-state index contributed by atoms with van der Waals surface area (Å²) in [5.74, 6) is 0.767. The van der Waals surface area contributed by atoms with Crippen molar-refractivity contribution in [1.29, 1.82) is 0 Å². The highest BCUT2D eigenvalue weighted by molar-refractivity contribution is 14.0. The van der Waals surface area contributed by atoms with Gasteiger partial charge in [-0.15, -0.1) is 24.0 Å². The summed E-state index contributed by atoms with van der Waals surface area (Å²) in [6.07, 6.45) is 1.25. The van der Waals surface area contributed by atoms with Crippen molar-refractivity contribution in [2.75, 3.05) is 33.4 Å². The van der Waals surface area contributed by atoms with E-state index in [0.717, 1.165) is 36.5 Å². The van der Waals surface area contributed by atoms with Crippen molar-refractivity contribution >= 4 is 29.9 Å². The van der Waals surface area contributed by atoms with Gasteiger partial charge in [0, 0.05) is 43.8 Å². The quantitative estimate of drug-likeness (QED) is 0.297. The van der Waals surface area contributed by atoms with Gasteiger partial charge in [-0.3, -0.25) is 4.99 Å². The number of benzene rings is 2. The number of rotatable bonds is 8. The number of guanidine groups is 1. The number of hydrogen-bond acceptors (Lipinski definition) is 3. The van der Waals surface area contributed by atoms with Gasteiger partial charge < -0.3 is 20.1 Å². The second kappa shape index (κ2) is 12.8. The molecule has 1 aliphatic rings. The van der Waals surface area contributed by atoms with E-state index in [4.69, 9.17) is 9.47 Å². The maximum atomic E-state index is 13.8. The van der Waals surface area contributed by atoms with Crippen molar-refractivity contribution in [2.45, 2.75) is 26.3 Å². The Morgan fingerprint density at radius 2 is 1.97 bits per heavy atom. The smallest absolute Gasteiger partial charge is 0.191 e. The normalized spacial score (nSPS) is 16.0. The van der Waals surface area contributed by atoms with Gasteiger partial charge in [0.1, 0.15) is 17.4 Å². The van der Waals surface area contributed by atoms with Gasteiger partial charge in [0.25, 0.3) is 0 Å². The molecule has 1 saturated heterocycles. The molecule has 8 heteroatoms. The fourth-order valence-electron chi connectivity index (χ4n) is 3.34. The standard InChI is InChI=1S/C23H29F2N3O2.HI/c1-16-6-7-18(22(12-16)30-15-17-9-11-29-14-17)13-28-23(26-2)27-10-8-19-20(24)4-3-5-21(19)25;/h3-7,12,17H,8-11,13-15H2,1-2H3,(H2,26,27,28);1H. The Hall–Kier alpha value is -1.94. The number of nitrogens with one attached hydrogen (secondary N) is 2. The molecule has 3 rings (SSSR count). The van der Waals surface area contributed by atoms with E-state index in [1.165, 1.54) is 18.2 Å². The summed E-state index contributed by atoms with van der Waals surface area (Å²) in [7, 11) is 1.66. The van der Waals surface area contributed by atoms with Gasteiger partial charge in [0.05, 0.1) is 13.2 Å². The number of hydrogen-bond donors (Lipinski definition) is 2. The zero-order valence-electron chi connectivity index (χ0n) is 17.9. The summed E-state index contributed by atoms with van der Waals surface area (Å²) in [6, 6.07) is 10.0. The molecule has 2 aromatic carbocycles. The van der Waals surface area contributed by atoms with Crippen LogP contribution in [0.15, 0.2) is 41.4 Å². The lowest BCUT2D eigenvalue weighted by Crippen LogP contribution is -2.38. The molecule has 0 saturated carbocycles. The Balaban J connectivity index is 0.00000341. The van der Waals surface area contributed by atoms with Crippen molar-refractivity contribution in [3.8, 4) is 5.75 Å². The second-order valence-corrected chi connectivity index (χ2v) is 7.45. The third-order valence-corrected chi connectivity index (χ3v) is 5.12. The Labute approximate surface area is 199 Å². The maximum absolute atomic E-state index is 13.8. The third-order valence-electron chi connectivity index (χ3n) is 5.12. The number of ether oxygens (including phenoxy) is 2. The first kappa shape index (κ1) is 25.3. The van der Waals surface area contributed by atoms with Gasteiger partial charge in [-0.05, 0) is 43.5 Å². The van der Waals surface area contributed by atoms with Gasteiger partial charge in [-0.1, -0.05) is 18.2 Å². The molecule has 0 aliphatic carbocycles. The number of nitrogens with zero attached hydrogens (tertiary/aromatic N) is 1. The van der Waals surface area contributed by atoms with Crippen molar-refractivity contribution in [3.63, 3.8) is 0 Å². The Kier molecular flexibility index (Phi) is 10.5. The van der Waals surface area contributed by atoms with Crippen molar-refractivity contribution in [1.82, 2.24) is 10.6 Å². The average molecular weight is 545 g/mol. The molecule has 31 heavy (non-hydrogen) atoms. The van der Waals surface area contributed by atoms with Crippen LogP contribution in [0, 0.1) is 24.5 Å². The molecular weight excluding hydrogens is 515 g/mol. The molecule has 0 aromatic heterocycles. The summed E-state index contributed by atoms with van der Waals surface area (Å²) < 4.78 is 39.0. The first-order valence-electron chi connectivity index (χ1n) is 10.2. The van der Waals surface area contributed by atoms with Crippen LogP contribution in [-0.2, 0) is 17.7 Å². The van der Waals surface area contributed by atoms with E-state index < -0.39 is 11.6 Å². The van der Waals surface area contributed by atoms with Crippen LogP contribution in [0.1, 0.15) is 23.1 Å². The van der Waals surface area contributed by atoms with Gasteiger partial charge >= 0.3 is 0 Å². The monoisotopic (exact) mass is 545 g/mol. The van der Waals surface area contributed by atoms with Crippen LogP contribution in [-0.4, -0.2) is 39.4 Å². The maximum Gasteiger partial charge on any atom is 0.191 e. The first-order valence-corrected chi connectivity index (χ1v) is 10.2. The predicted molar refractivity (Wildman–Crippen MR) is 129 cm³/mol. The molecule has 0 amide bonds. The Bertz CT molecular complexity index is 854. The van der Waals surface area contributed by atoms with Crippen LogP contribution in [0.25, 0.3) is 0 Å². The SMILES string of the molecule is CN=C(NCCc1c(F)cccc1F)NCc1ccc(C)cc1OCC1CCOC1.I. The molecule has 0 spiro atoms. The van der Waals surface area contributed by atoms with Crippen LogP contribution in [0.4, 0.5) is 8.78 Å². The predicted octanol–water partition coefficient (Wildman–Crippen LogP) is 4.21. The highest BCUT2D eigenvalue weighted by atomic mass is 127. The average Bonchev–Trinajstić information content (AvgIpc) is 3.25. The highest BCUT2D eigenvalue weighted by Gasteiger charge is 2.17. The molecule has 2 N–H and O–H groups in total. The summed E-state index contributed by atoms with van der Waals surface area (Å²) in [5.41, 5.74) is 2.22. The van der Waals surface area contributed by atoms with E-state index in [1.54, 1.807) is 7.05 Å². The summed E-state index contributed by atoms with van der Waals surface area (Å²) in [6.45, 7) is 5.09. The molecular formula is C23H30F2IN3O2. The lowest BCUT2D eigenvalue weighted by Gasteiger charge is -2.17. The fourth-order valence-corrected chi connectivity index (χ4v) is 3.34.